The number of carbonyl (C=O) groups is 1. The van der Waals surface area contributed by atoms with E-state index in [1.807, 2.05) is 60.7 Å². The number of hydrogen-bond donors (Lipinski definition) is 1. The number of rotatable bonds is 10. The Balaban J connectivity index is 1.29. The minimum atomic E-state index is -3.55. The van der Waals surface area contributed by atoms with Gasteiger partial charge in [0.1, 0.15) is 0 Å². The monoisotopic (exact) mass is 516 g/mol. The van der Waals surface area contributed by atoms with Crippen molar-refractivity contribution in [2.75, 3.05) is 35.8 Å². The van der Waals surface area contributed by atoms with E-state index in [0.717, 1.165) is 31.5 Å². The summed E-state index contributed by atoms with van der Waals surface area (Å²) in [7, 11) is -3.55. The minimum Gasteiger partial charge on any atom is -0.326 e. The molecule has 4 rings (SSSR count). The number of para-hydroxylation sites is 1. The summed E-state index contributed by atoms with van der Waals surface area (Å²) in [6, 6.07) is 27.4. The maximum atomic E-state index is 13.4. The van der Waals surface area contributed by atoms with Crippen LogP contribution in [0.3, 0.4) is 0 Å². The second kappa shape index (κ2) is 12.5. The first-order chi connectivity index (χ1) is 17.9. The van der Waals surface area contributed by atoms with Gasteiger partial charge in [-0.05, 0) is 73.8 Å². The number of nitriles is 1. The maximum Gasteiger partial charge on any atom is 0.239 e. The van der Waals surface area contributed by atoms with Gasteiger partial charge in [-0.15, -0.1) is 0 Å². The van der Waals surface area contributed by atoms with E-state index in [-0.39, 0.29) is 11.7 Å². The summed E-state index contributed by atoms with van der Waals surface area (Å²) >= 11 is 0. The first-order valence-electron chi connectivity index (χ1n) is 12.5. The maximum absolute atomic E-state index is 13.4. The highest BCUT2D eigenvalue weighted by Crippen LogP contribution is 2.24. The Hall–Kier alpha value is -3.67. The van der Waals surface area contributed by atoms with Crippen LogP contribution in [0.1, 0.15) is 30.4 Å². The van der Waals surface area contributed by atoms with Crippen LogP contribution in [0.5, 0.6) is 0 Å². The second-order valence-corrected chi connectivity index (χ2v) is 11.3. The molecule has 1 aliphatic rings. The Labute approximate surface area is 219 Å². The average molecular weight is 517 g/mol. The van der Waals surface area contributed by atoms with Crippen LogP contribution in [0.15, 0.2) is 84.9 Å². The van der Waals surface area contributed by atoms with Gasteiger partial charge in [-0.25, -0.2) is 8.42 Å². The molecular weight excluding hydrogens is 484 g/mol. The van der Waals surface area contributed by atoms with Crippen molar-refractivity contribution >= 4 is 27.3 Å². The summed E-state index contributed by atoms with van der Waals surface area (Å²) in [5.74, 6) is 0.228. The molecular formula is C29H32N4O3S. The molecule has 1 amide bonds. The SMILES string of the molecule is N#Cc1ccc(NC(=O)CC2CCN(CCN(c3ccccc3)S(=O)(=O)Cc3ccccc3)CC2)cc1. The lowest BCUT2D eigenvalue weighted by molar-refractivity contribution is -0.117. The molecule has 0 saturated carbocycles. The topological polar surface area (TPSA) is 93.5 Å². The van der Waals surface area contributed by atoms with Crippen LogP contribution in [0, 0.1) is 17.2 Å². The largest absolute Gasteiger partial charge is 0.326 e. The van der Waals surface area contributed by atoms with Crippen LogP contribution in [-0.2, 0) is 20.6 Å². The summed E-state index contributed by atoms with van der Waals surface area (Å²) in [4.78, 5) is 14.8. The van der Waals surface area contributed by atoms with E-state index in [9.17, 15) is 13.2 Å². The molecule has 1 heterocycles. The van der Waals surface area contributed by atoms with Crippen LogP contribution in [0.25, 0.3) is 0 Å². The van der Waals surface area contributed by atoms with Gasteiger partial charge in [0, 0.05) is 25.2 Å². The molecule has 0 radical (unpaired) electrons. The molecule has 37 heavy (non-hydrogen) atoms. The number of piperidine rings is 1. The van der Waals surface area contributed by atoms with E-state index in [4.69, 9.17) is 5.26 Å². The van der Waals surface area contributed by atoms with Gasteiger partial charge in [0.15, 0.2) is 0 Å². The van der Waals surface area contributed by atoms with Crippen molar-refractivity contribution in [3.63, 3.8) is 0 Å². The first kappa shape index (κ1) is 26.4. The van der Waals surface area contributed by atoms with E-state index in [1.165, 1.54) is 4.31 Å². The zero-order valence-electron chi connectivity index (χ0n) is 20.8. The molecule has 0 bridgehead atoms. The van der Waals surface area contributed by atoms with Gasteiger partial charge < -0.3 is 10.2 Å². The van der Waals surface area contributed by atoms with E-state index < -0.39 is 10.0 Å². The van der Waals surface area contributed by atoms with Crippen LogP contribution < -0.4 is 9.62 Å². The van der Waals surface area contributed by atoms with Crippen LogP contribution in [0.4, 0.5) is 11.4 Å². The standard InChI is InChI=1S/C29H32N4O3S/c30-22-25-11-13-27(14-12-25)31-29(34)21-24-15-17-32(18-16-24)19-20-33(28-9-5-2-6-10-28)37(35,36)23-26-7-3-1-4-8-26/h1-14,24H,15-21,23H2,(H,31,34). The molecule has 0 unspecified atom stereocenters. The summed E-state index contributed by atoms with van der Waals surface area (Å²) in [5.41, 5.74) is 2.69. The summed E-state index contributed by atoms with van der Waals surface area (Å²) < 4.78 is 28.3. The number of nitrogens with zero attached hydrogens (tertiary/aromatic N) is 3. The predicted molar refractivity (Wildman–Crippen MR) is 146 cm³/mol. The number of nitrogens with one attached hydrogen (secondary N) is 1. The quantitative estimate of drug-likeness (QED) is 0.424. The van der Waals surface area contributed by atoms with Gasteiger partial charge in [0.2, 0.25) is 15.9 Å². The molecule has 1 aliphatic heterocycles. The third kappa shape index (κ3) is 7.66. The van der Waals surface area contributed by atoms with Crippen LogP contribution >= 0.6 is 0 Å². The van der Waals surface area contributed by atoms with Crippen molar-refractivity contribution in [1.82, 2.24) is 4.90 Å². The van der Waals surface area contributed by atoms with Crippen molar-refractivity contribution in [2.24, 2.45) is 5.92 Å². The van der Waals surface area contributed by atoms with Gasteiger partial charge in [-0.2, -0.15) is 5.26 Å². The molecule has 1 fully saturated rings. The normalized spacial score (nSPS) is 14.6. The molecule has 3 aromatic rings. The van der Waals surface area contributed by atoms with Crippen molar-refractivity contribution in [3.05, 3.63) is 96.1 Å². The number of hydrogen-bond acceptors (Lipinski definition) is 5. The Bertz CT molecular complexity index is 1300. The zero-order chi connectivity index (χ0) is 26.1. The summed E-state index contributed by atoms with van der Waals surface area (Å²) in [6.07, 6.45) is 2.24. The highest BCUT2D eigenvalue weighted by atomic mass is 32.2. The lowest BCUT2D eigenvalue weighted by Gasteiger charge is -2.33. The van der Waals surface area contributed by atoms with Crippen LogP contribution in [-0.4, -0.2) is 45.4 Å². The van der Waals surface area contributed by atoms with E-state index in [0.29, 0.717) is 42.4 Å². The molecule has 1 saturated heterocycles. The molecule has 1 N–H and O–H groups in total. The molecule has 0 spiro atoms. The Kier molecular flexibility index (Phi) is 8.94. The summed E-state index contributed by atoms with van der Waals surface area (Å²) in [5, 5.41) is 11.8. The lowest BCUT2D eigenvalue weighted by Crippen LogP contribution is -2.42. The van der Waals surface area contributed by atoms with Crippen molar-refractivity contribution < 1.29 is 13.2 Å². The fourth-order valence-corrected chi connectivity index (χ4v) is 6.21. The Morgan fingerprint density at radius 2 is 1.57 bits per heavy atom. The number of anilines is 2. The molecule has 7 nitrogen and oxygen atoms in total. The van der Waals surface area contributed by atoms with Crippen molar-refractivity contribution in [1.29, 1.82) is 5.26 Å². The van der Waals surface area contributed by atoms with Gasteiger partial charge in [0.05, 0.1) is 23.1 Å². The van der Waals surface area contributed by atoms with Gasteiger partial charge in [-0.3, -0.25) is 9.10 Å². The Morgan fingerprint density at radius 3 is 2.19 bits per heavy atom. The molecule has 0 aliphatic carbocycles. The summed E-state index contributed by atoms with van der Waals surface area (Å²) in [6.45, 7) is 2.67. The molecule has 0 atom stereocenters. The fourth-order valence-electron chi connectivity index (χ4n) is 4.63. The molecule has 192 valence electrons. The fraction of sp³-hybridized carbons (Fsp3) is 0.310. The minimum absolute atomic E-state index is 0.0228. The highest BCUT2D eigenvalue weighted by molar-refractivity contribution is 7.92. The predicted octanol–water partition coefficient (Wildman–Crippen LogP) is 4.64. The number of carbonyl (C=O) groups excluding carboxylic acids is 1. The van der Waals surface area contributed by atoms with Crippen molar-refractivity contribution in [3.8, 4) is 6.07 Å². The smallest absolute Gasteiger partial charge is 0.239 e. The number of amides is 1. The van der Waals surface area contributed by atoms with Gasteiger partial charge in [-0.1, -0.05) is 48.5 Å². The third-order valence-electron chi connectivity index (χ3n) is 6.67. The molecule has 0 aromatic heterocycles. The highest BCUT2D eigenvalue weighted by Gasteiger charge is 2.26. The second-order valence-electron chi connectivity index (χ2n) is 9.38. The number of benzene rings is 3. The van der Waals surface area contributed by atoms with Crippen LogP contribution in [0.2, 0.25) is 0 Å². The van der Waals surface area contributed by atoms with E-state index in [1.54, 1.807) is 24.3 Å². The van der Waals surface area contributed by atoms with Gasteiger partial charge >= 0.3 is 0 Å². The third-order valence-corrected chi connectivity index (χ3v) is 8.43. The van der Waals surface area contributed by atoms with Gasteiger partial charge in [0.25, 0.3) is 0 Å². The molecule has 8 heteroatoms. The average Bonchev–Trinajstić information content (AvgIpc) is 2.91. The van der Waals surface area contributed by atoms with E-state index in [2.05, 4.69) is 16.3 Å². The van der Waals surface area contributed by atoms with E-state index >= 15 is 0 Å². The number of sulfonamides is 1. The zero-order valence-corrected chi connectivity index (χ0v) is 21.6. The number of likely N-dealkylation sites (tertiary alicyclic amines) is 1. The lowest BCUT2D eigenvalue weighted by atomic mass is 9.93. The Morgan fingerprint density at radius 1 is 0.946 bits per heavy atom. The molecule has 3 aromatic carbocycles. The van der Waals surface area contributed by atoms with Crippen molar-refractivity contribution in [2.45, 2.75) is 25.0 Å². The first-order valence-corrected chi connectivity index (χ1v) is 14.2.